The first kappa shape index (κ1) is 14.3. The molecule has 0 saturated carbocycles. The van der Waals surface area contributed by atoms with Crippen LogP contribution in [-0.4, -0.2) is 27.2 Å². The van der Waals surface area contributed by atoms with Gasteiger partial charge in [-0.1, -0.05) is 0 Å². The van der Waals surface area contributed by atoms with Crippen LogP contribution < -0.4 is 20.5 Å². The van der Waals surface area contributed by atoms with Crippen LogP contribution in [0.2, 0.25) is 0 Å². The zero-order chi connectivity index (χ0) is 13.7. The molecule has 0 bridgehead atoms. The van der Waals surface area contributed by atoms with Crippen molar-refractivity contribution >= 4 is 5.91 Å². The zero-order valence-electron chi connectivity index (χ0n) is 11.2. The lowest BCUT2D eigenvalue weighted by Gasteiger charge is -2.17. The van der Waals surface area contributed by atoms with Crippen molar-refractivity contribution in [1.82, 2.24) is 5.32 Å². The summed E-state index contributed by atoms with van der Waals surface area (Å²) in [5, 5.41) is 2.55. The van der Waals surface area contributed by atoms with E-state index < -0.39 is 6.04 Å². The molecule has 0 aromatic heterocycles. The summed E-state index contributed by atoms with van der Waals surface area (Å²) >= 11 is 0. The summed E-state index contributed by atoms with van der Waals surface area (Å²) in [7, 11) is 4.77. The highest BCUT2D eigenvalue weighted by atomic mass is 16.5. The first-order chi connectivity index (χ1) is 8.53. The monoisotopic (exact) mass is 252 g/mol. The number of amides is 1. The van der Waals surface area contributed by atoms with E-state index in [0.717, 1.165) is 16.9 Å². The number of methoxy groups -OCH3 is 2. The number of benzene rings is 1. The first-order valence-electron chi connectivity index (χ1n) is 5.72. The normalized spacial score (nSPS) is 11.8. The molecule has 1 amide bonds. The molecular formula is C13H20N2O3. The van der Waals surface area contributed by atoms with Gasteiger partial charge in [-0.25, -0.2) is 0 Å². The lowest BCUT2D eigenvalue weighted by molar-refractivity contribution is -0.120. The maximum atomic E-state index is 11.4. The summed E-state index contributed by atoms with van der Waals surface area (Å²) in [6.45, 7) is 1.93. The van der Waals surface area contributed by atoms with E-state index in [-0.39, 0.29) is 12.3 Å². The fourth-order valence-corrected chi connectivity index (χ4v) is 1.78. The van der Waals surface area contributed by atoms with E-state index in [9.17, 15) is 4.79 Å². The van der Waals surface area contributed by atoms with Gasteiger partial charge in [-0.2, -0.15) is 0 Å². The van der Waals surface area contributed by atoms with Crippen LogP contribution in [0.5, 0.6) is 11.5 Å². The number of carbonyl (C=O) groups is 1. The van der Waals surface area contributed by atoms with Crippen LogP contribution in [-0.2, 0) is 4.79 Å². The molecule has 0 aliphatic heterocycles. The molecule has 1 aromatic rings. The van der Waals surface area contributed by atoms with Gasteiger partial charge in [0.1, 0.15) is 11.5 Å². The summed E-state index contributed by atoms with van der Waals surface area (Å²) in [5.41, 5.74) is 7.76. The molecule has 18 heavy (non-hydrogen) atoms. The fraction of sp³-hybridized carbons (Fsp3) is 0.462. The lowest BCUT2D eigenvalue weighted by atomic mass is 10.0. The molecule has 100 valence electrons. The van der Waals surface area contributed by atoms with E-state index in [4.69, 9.17) is 15.2 Å². The van der Waals surface area contributed by atoms with Crippen LogP contribution in [0.1, 0.15) is 23.6 Å². The van der Waals surface area contributed by atoms with Gasteiger partial charge in [0.05, 0.1) is 14.2 Å². The Morgan fingerprint density at radius 2 is 1.94 bits per heavy atom. The molecule has 0 spiro atoms. The predicted molar refractivity (Wildman–Crippen MR) is 69.9 cm³/mol. The molecule has 1 aromatic carbocycles. The largest absolute Gasteiger partial charge is 0.496 e. The van der Waals surface area contributed by atoms with E-state index in [1.807, 2.05) is 19.1 Å². The Labute approximate surface area is 107 Å². The Balaban J connectivity index is 3.08. The SMILES string of the molecule is CNC(=O)CC(N)c1cc(OC)c(C)cc1OC. The maximum Gasteiger partial charge on any atom is 0.221 e. The first-order valence-corrected chi connectivity index (χ1v) is 5.72. The van der Waals surface area contributed by atoms with Gasteiger partial charge in [0.15, 0.2) is 0 Å². The lowest BCUT2D eigenvalue weighted by Crippen LogP contribution is -2.24. The molecule has 5 heteroatoms. The van der Waals surface area contributed by atoms with Crippen LogP contribution >= 0.6 is 0 Å². The van der Waals surface area contributed by atoms with Crippen molar-refractivity contribution in [2.24, 2.45) is 5.73 Å². The molecule has 5 nitrogen and oxygen atoms in total. The third-order valence-electron chi connectivity index (χ3n) is 2.83. The molecule has 0 saturated heterocycles. The van der Waals surface area contributed by atoms with E-state index in [0.29, 0.717) is 5.75 Å². The molecular weight excluding hydrogens is 232 g/mol. The molecule has 0 heterocycles. The second-order valence-corrected chi connectivity index (χ2v) is 4.05. The quantitative estimate of drug-likeness (QED) is 0.824. The number of ether oxygens (including phenoxy) is 2. The Morgan fingerprint density at radius 3 is 2.44 bits per heavy atom. The van der Waals surface area contributed by atoms with Gasteiger partial charge in [0.25, 0.3) is 0 Å². The minimum Gasteiger partial charge on any atom is -0.496 e. The van der Waals surface area contributed by atoms with E-state index in [2.05, 4.69) is 5.32 Å². The second kappa shape index (κ2) is 6.26. The van der Waals surface area contributed by atoms with Gasteiger partial charge >= 0.3 is 0 Å². The summed E-state index contributed by atoms with van der Waals surface area (Å²) in [5.74, 6) is 1.30. The number of hydrogen-bond acceptors (Lipinski definition) is 4. The van der Waals surface area contributed by atoms with E-state index >= 15 is 0 Å². The van der Waals surface area contributed by atoms with Gasteiger partial charge in [0, 0.05) is 25.1 Å². The van der Waals surface area contributed by atoms with E-state index in [1.54, 1.807) is 21.3 Å². The number of aryl methyl sites for hydroxylation is 1. The van der Waals surface area contributed by atoms with Crippen molar-refractivity contribution in [3.8, 4) is 11.5 Å². The molecule has 0 radical (unpaired) electrons. The highest BCUT2D eigenvalue weighted by Crippen LogP contribution is 2.32. The fourth-order valence-electron chi connectivity index (χ4n) is 1.78. The third-order valence-corrected chi connectivity index (χ3v) is 2.83. The Bertz CT molecular complexity index is 432. The van der Waals surface area contributed by atoms with Crippen LogP contribution in [0.3, 0.4) is 0 Å². The van der Waals surface area contributed by atoms with Crippen LogP contribution in [0.15, 0.2) is 12.1 Å². The summed E-state index contributed by atoms with van der Waals surface area (Å²) in [4.78, 5) is 11.4. The van der Waals surface area contributed by atoms with Gasteiger partial charge in [-0.3, -0.25) is 4.79 Å². The van der Waals surface area contributed by atoms with Crippen LogP contribution in [0.25, 0.3) is 0 Å². The topological polar surface area (TPSA) is 73.6 Å². The van der Waals surface area contributed by atoms with Gasteiger partial charge in [-0.15, -0.1) is 0 Å². The number of rotatable bonds is 5. The van der Waals surface area contributed by atoms with Crippen LogP contribution in [0.4, 0.5) is 0 Å². The minimum absolute atomic E-state index is 0.107. The number of carbonyl (C=O) groups excluding carboxylic acids is 1. The molecule has 1 rings (SSSR count). The average Bonchev–Trinajstić information content (AvgIpc) is 2.37. The molecule has 0 aliphatic rings. The summed E-state index contributed by atoms with van der Waals surface area (Å²) in [6, 6.07) is 3.26. The minimum atomic E-state index is -0.422. The Kier molecular flexibility index (Phi) is 4.97. The average molecular weight is 252 g/mol. The highest BCUT2D eigenvalue weighted by Gasteiger charge is 2.17. The van der Waals surface area contributed by atoms with Crippen molar-refractivity contribution in [2.75, 3.05) is 21.3 Å². The zero-order valence-corrected chi connectivity index (χ0v) is 11.2. The van der Waals surface area contributed by atoms with Crippen LogP contribution in [0, 0.1) is 6.92 Å². The predicted octanol–water partition coefficient (Wildman–Crippen LogP) is 1.15. The van der Waals surface area contributed by atoms with Crippen molar-refractivity contribution in [3.05, 3.63) is 23.3 Å². The number of nitrogens with two attached hydrogens (primary N) is 1. The molecule has 3 N–H and O–H groups in total. The molecule has 0 aliphatic carbocycles. The third kappa shape index (κ3) is 3.13. The van der Waals surface area contributed by atoms with Crippen molar-refractivity contribution < 1.29 is 14.3 Å². The number of nitrogens with one attached hydrogen (secondary N) is 1. The van der Waals surface area contributed by atoms with Crippen molar-refractivity contribution in [2.45, 2.75) is 19.4 Å². The Hall–Kier alpha value is -1.75. The molecule has 0 fully saturated rings. The number of hydrogen-bond donors (Lipinski definition) is 2. The second-order valence-electron chi connectivity index (χ2n) is 4.05. The standard InChI is InChI=1S/C13H20N2O3/c1-8-5-12(18-4)9(6-11(8)17-3)10(14)7-13(16)15-2/h5-6,10H,7,14H2,1-4H3,(H,15,16). The summed E-state index contributed by atoms with van der Waals surface area (Å²) < 4.78 is 10.5. The molecule has 1 unspecified atom stereocenters. The van der Waals surface area contributed by atoms with Crippen molar-refractivity contribution in [3.63, 3.8) is 0 Å². The highest BCUT2D eigenvalue weighted by molar-refractivity contribution is 5.76. The van der Waals surface area contributed by atoms with Crippen molar-refractivity contribution in [1.29, 1.82) is 0 Å². The maximum absolute atomic E-state index is 11.4. The van der Waals surface area contributed by atoms with E-state index in [1.165, 1.54) is 0 Å². The summed E-state index contributed by atoms with van der Waals surface area (Å²) in [6.07, 6.45) is 0.207. The smallest absolute Gasteiger partial charge is 0.221 e. The Morgan fingerprint density at radius 1 is 1.33 bits per heavy atom. The molecule has 1 atom stereocenters. The van der Waals surface area contributed by atoms with Gasteiger partial charge < -0.3 is 20.5 Å². The van der Waals surface area contributed by atoms with Gasteiger partial charge in [-0.05, 0) is 24.6 Å². The van der Waals surface area contributed by atoms with Gasteiger partial charge in [0.2, 0.25) is 5.91 Å².